The Kier molecular flexibility index (Phi) is 4.72. The first-order chi connectivity index (χ1) is 13.0. The Morgan fingerprint density at radius 1 is 0.926 bits per heavy atom. The average molecular weight is 383 g/mol. The summed E-state index contributed by atoms with van der Waals surface area (Å²) in [4.78, 5) is 17.6. The van der Waals surface area contributed by atoms with Crippen molar-refractivity contribution in [1.29, 1.82) is 0 Å². The van der Waals surface area contributed by atoms with E-state index < -0.39 is 10.0 Å². The van der Waals surface area contributed by atoms with Crippen molar-refractivity contribution < 1.29 is 13.2 Å². The van der Waals surface area contributed by atoms with Crippen LogP contribution in [0.25, 0.3) is 10.9 Å². The quantitative estimate of drug-likeness (QED) is 0.752. The molecule has 1 aliphatic heterocycles. The number of sulfonamides is 1. The number of hydrogen-bond acceptors (Lipinski definition) is 3. The van der Waals surface area contributed by atoms with Crippen molar-refractivity contribution in [3.63, 3.8) is 0 Å². The Morgan fingerprint density at radius 2 is 1.59 bits per heavy atom. The average Bonchev–Trinajstić information content (AvgIpc) is 3.12. The van der Waals surface area contributed by atoms with Crippen LogP contribution >= 0.6 is 0 Å². The fourth-order valence-electron chi connectivity index (χ4n) is 3.40. The summed E-state index contributed by atoms with van der Waals surface area (Å²) >= 11 is 0. The van der Waals surface area contributed by atoms with E-state index in [1.165, 1.54) is 4.31 Å². The van der Waals surface area contributed by atoms with Gasteiger partial charge in [0.15, 0.2) is 0 Å². The lowest BCUT2D eigenvalue weighted by atomic mass is 10.2. The first kappa shape index (κ1) is 17.8. The van der Waals surface area contributed by atoms with Gasteiger partial charge in [0, 0.05) is 37.1 Å². The van der Waals surface area contributed by atoms with E-state index in [1.807, 2.05) is 60.7 Å². The molecule has 2 heterocycles. The van der Waals surface area contributed by atoms with E-state index in [-0.39, 0.29) is 11.7 Å². The molecule has 2 aromatic carbocycles. The zero-order valence-electron chi connectivity index (χ0n) is 14.8. The largest absolute Gasteiger partial charge is 0.351 e. The third kappa shape index (κ3) is 3.74. The number of carbonyl (C=O) groups is 1. The van der Waals surface area contributed by atoms with Gasteiger partial charge in [-0.1, -0.05) is 48.5 Å². The third-order valence-electron chi connectivity index (χ3n) is 4.87. The Morgan fingerprint density at radius 3 is 2.30 bits per heavy atom. The number of benzene rings is 2. The number of carbonyl (C=O) groups excluding carboxylic acids is 1. The number of piperazine rings is 1. The van der Waals surface area contributed by atoms with Crippen molar-refractivity contribution in [2.24, 2.45) is 0 Å². The fourth-order valence-corrected chi connectivity index (χ4v) is 4.92. The zero-order chi connectivity index (χ0) is 18.9. The van der Waals surface area contributed by atoms with Crippen LogP contribution in [0.15, 0.2) is 60.7 Å². The molecule has 0 unspecified atom stereocenters. The second kappa shape index (κ2) is 7.17. The number of amides is 1. The van der Waals surface area contributed by atoms with Gasteiger partial charge in [-0.3, -0.25) is 4.79 Å². The highest BCUT2D eigenvalue weighted by molar-refractivity contribution is 7.88. The van der Waals surface area contributed by atoms with E-state index >= 15 is 0 Å². The molecule has 0 radical (unpaired) electrons. The van der Waals surface area contributed by atoms with Gasteiger partial charge >= 0.3 is 0 Å². The molecule has 7 heteroatoms. The first-order valence-electron chi connectivity index (χ1n) is 8.92. The molecule has 0 saturated carbocycles. The summed E-state index contributed by atoms with van der Waals surface area (Å²) in [5, 5.41) is 0.991. The van der Waals surface area contributed by atoms with Gasteiger partial charge < -0.3 is 9.88 Å². The SMILES string of the molecule is O=C(c1cc2ccccc2[nH]1)N1CCN(S(=O)(=O)Cc2ccccc2)CC1. The van der Waals surface area contributed by atoms with E-state index in [0.717, 1.165) is 16.5 Å². The maximum atomic E-state index is 12.7. The Labute approximate surface area is 158 Å². The number of nitrogens with zero attached hydrogens (tertiary/aromatic N) is 2. The van der Waals surface area contributed by atoms with Gasteiger partial charge in [0.1, 0.15) is 5.69 Å². The number of para-hydroxylation sites is 1. The lowest BCUT2D eigenvalue weighted by Crippen LogP contribution is -2.50. The summed E-state index contributed by atoms with van der Waals surface area (Å²) in [7, 11) is -3.38. The standard InChI is InChI=1S/C20H21N3O3S/c24-20(19-14-17-8-4-5-9-18(17)21-19)22-10-12-23(13-11-22)27(25,26)15-16-6-2-1-3-7-16/h1-9,14,21H,10-13,15H2. The molecule has 27 heavy (non-hydrogen) atoms. The summed E-state index contributed by atoms with van der Waals surface area (Å²) in [5.74, 6) is -0.101. The van der Waals surface area contributed by atoms with Crippen molar-refractivity contribution in [2.45, 2.75) is 5.75 Å². The lowest BCUT2D eigenvalue weighted by Gasteiger charge is -2.33. The van der Waals surface area contributed by atoms with E-state index in [0.29, 0.717) is 31.9 Å². The summed E-state index contributed by atoms with van der Waals surface area (Å²) in [6.45, 7) is 1.42. The molecule has 6 nitrogen and oxygen atoms in total. The van der Waals surface area contributed by atoms with Crippen LogP contribution in [0.2, 0.25) is 0 Å². The van der Waals surface area contributed by atoms with Crippen LogP contribution in [-0.4, -0.2) is 54.7 Å². The molecule has 0 atom stereocenters. The molecule has 0 aliphatic carbocycles. The van der Waals surface area contributed by atoms with E-state index in [1.54, 1.807) is 4.90 Å². The molecular formula is C20H21N3O3S. The van der Waals surface area contributed by atoms with Gasteiger partial charge in [-0.25, -0.2) is 8.42 Å². The second-order valence-corrected chi connectivity index (χ2v) is 8.67. The third-order valence-corrected chi connectivity index (χ3v) is 6.72. The summed E-state index contributed by atoms with van der Waals surface area (Å²) < 4.78 is 26.8. The molecule has 1 N–H and O–H groups in total. The van der Waals surface area contributed by atoms with Gasteiger partial charge in [0.05, 0.1) is 5.75 Å². The molecule has 0 bridgehead atoms. The van der Waals surface area contributed by atoms with E-state index in [4.69, 9.17) is 0 Å². The summed E-state index contributed by atoms with van der Waals surface area (Å²) in [5.41, 5.74) is 2.23. The number of aromatic amines is 1. The predicted molar refractivity (Wildman–Crippen MR) is 105 cm³/mol. The predicted octanol–water partition coefficient (Wildman–Crippen LogP) is 2.46. The minimum Gasteiger partial charge on any atom is -0.351 e. The Balaban J connectivity index is 1.41. The van der Waals surface area contributed by atoms with Crippen molar-refractivity contribution in [1.82, 2.24) is 14.2 Å². The van der Waals surface area contributed by atoms with Crippen LogP contribution in [-0.2, 0) is 15.8 Å². The molecule has 0 spiro atoms. The molecule has 1 amide bonds. The fraction of sp³-hybridized carbons (Fsp3) is 0.250. The maximum Gasteiger partial charge on any atom is 0.270 e. The normalized spacial score (nSPS) is 15.9. The van der Waals surface area contributed by atoms with E-state index in [9.17, 15) is 13.2 Å². The highest BCUT2D eigenvalue weighted by atomic mass is 32.2. The first-order valence-corrected chi connectivity index (χ1v) is 10.5. The minimum absolute atomic E-state index is 0.0101. The number of hydrogen-bond donors (Lipinski definition) is 1. The Hall–Kier alpha value is -2.64. The monoisotopic (exact) mass is 383 g/mol. The minimum atomic E-state index is -3.38. The molecule has 140 valence electrons. The lowest BCUT2D eigenvalue weighted by molar-refractivity contribution is 0.0693. The van der Waals surface area contributed by atoms with Gasteiger partial charge in [-0.05, 0) is 17.7 Å². The van der Waals surface area contributed by atoms with Crippen LogP contribution < -0.4 is 0 Å². The number of fused-ring (bicyclic) bond motifs is 1. The smallest absolute Gasteiger partial charge is 0.270 e. The molecule has 1 aromatic heterocycles. The molecule has 1 aliphatic rings. The summed E-state index contributed by atoms with van der Waals surface area (Å²) in [6, 6.07) is 18.7. The van der Waals surface area contributed by atoms with Crippen molar-refractivity contribution in [3.05, 3.63) is 71.9 Å². The van der Waals surface area contributed by atoms with Gasteiger partial charge in [-0.2, -0.15) is 4.31 Å². The number of aromatic nitrogens is 1. The van der Waals surface area contributed by atoms with Crippen LogP contribution in [0.5, 0.6) is 0 Å². The zero-order valence-corrected chi connectivity index (χ0v) is 15.7. The van der Waals surface area contributed by atoms with Crippen molar-refractivity contribution in [3.8, 4) is 0 Å². The van der Waals surface area contributed by atoms with Crippen LogP contribution in [0.4, 0.5) is 0 Å². The topological polar surface area (TPSA) is 73.5 Å². The van der Waals surface area contributed by atoms with Crippen molar-refractivity contribution >= 4 is 26.8 Å². The molecule has 3 aromatic rings. The number of nitrogens with one attached hydrogen (secondary N) is 1. The molecule has 1 fully saturated rings. The van der Waals surface area contributed by atoms with Crippen molar-refractivity contribution in [2.75, 3.05) is 26.2 Å². The van der Waals surface area contributed by atoms with Crippen LogP contribution in [0, 0.1) is 0 Å². The van der Waals surface area contributed by atoms with Crippen LogP contribution in [0.3, 0.4) is 0 Å². The highest BCUT2D eigenvalue weighted by Gasteiger charge is 2.29. The van der Waals surface area contributed by atoms with Crippen LogP contribution in [0.1, 0.15) is 16.1 Å². The van der Waals surface area contributed by atoms with Gasteiger partial charge in [0.2, 0.25) is 10.0 Å². The van der Waals surface area contributed by atoms with E-state index in [2.05, 4.69) is 4.98 Å². The number of H-pyrrole nitrogens is 1. The Bertz CT molecular complexity index is 1020. The molecular weight excluding hydrogens is 362 g/mol. The van der Waals surface area contributed by atoms with Gasteiger partial charge in [-0.15, -0.1) is 0 Å². The summed E-state index contributed by atoms with van der Waals surface area (Å²) in [6.07, 6.45) is 0. The van der Waals surface area contributed by atoms with Gasteiger partial charge in [0.25, 0.3) is 5.91 Å². The molecule has 1 saturated heterocycles. The molecule has 4 rings (SSSR count). The highest BCUT2D eigenvalue weighted by Crippen LogP contribution is 2.18. The number of rotatable bonds is 4. The second-order valence-electron chi connectivity index (χ2n) is 6.70. The maximum absolute atomic E-state index is 12.7.